The number of aliphatic imine (C=N–C) groups is 2. The molecule has 0 bridgehead atoms. The molecular formula is C34H40N8O6. The Balaban J connectivity index is 0.804. The maximum atomic E-state index is 12.8. The number of benzene rings is 2. The zero-order valence-corrected chi connectivity index (χ0v) is 27.2. The van der Waals surface area contributed by atoms with E-state index >= 15 is 0 Å². The van der Waals surface area contributed by atoms with Gasteiger partial charge in [0.2, 0.25) is 25.5 Å². The summed E-state index contributed by atoms with van der Waals surface area (Å²) in [4.78, 5) is 42.9. The Labute approximate surface area is 279 Å². The molecule has 0 atom stereocenters. The van der Waals surface area contributed by atoms with Gasteiger partial charge in [0, 0.05) is 66.5 Å². The van der Waals surface area contributed by atoms with Crippen LogP contribution in [0.15, 0.2) is 57.8 Å². The van der Waals surface area contributed by atoms with Crippen molar-refractivity contribution in [2.45, 2.75) is 12.8 Å². The second kappa shape index (κ2) is 14.0. The fourth-order valence-corrected chi connectivity index (χ4v) is 6.09. The van der Waals surface area contributed by atoms with Crippen molar-refractivity contribution < 1.29 is 28.5 Å². The normalized spacial score (nSPS) is 22.5. The first-order valence-electron chi connectivity index (χ1n) is 16.3. The fraction of sp³-hybridized carbons (Fsp3) is 0.412. The Morgan fingerprint density at radius 1 is 0.646 bits per heavy atom. The molecule has 7 rings (SSSR count). The van der Waals surface area contributed by atoms with Crippen molar-refractivity contribution in [3.05, 3.63) is 58.9 Å². The quantitative estimate of drug-likeness (QED) is 0.288. The van der Waals surface area contributed by atoms with E-state index in [2.05, 4.69) is 30.4 Å². The second-order valence-corrected chi connectivity index (χ2v) is 12.1. The number of fused-ring (bicyclic) bond motifs is 2. The van der Waals surface area contributed by atoms with Crippen molar-refractivity contribution in [1.82, 2.24) is 30.2 Å². The predicted molar refractivity (Wildman–Crippen MR) is 180 cm³/mol. The molecule has 0 unspecified atom stereocenters. The van der Waals surface area contributed by atoms with Gasteiger partial charge in [-0.1, -0.05) is 12.1 Å². The zero-order valence-electron chi connectivity index (χ0n) is 27.2. The molecule has 3 saturated heterocycles. The number of hydrogen-bond acceptors (Lipinski definition) is 10. The summed E-state index contributed by atoms with van der Waals surface area (Å²) >= 11 is 0. The third kappa shape index (κ3) is 6.94. The molecule has 0 aliphatic carbocycles. The van der Waals surface area contributed by atoms with Gasteiger partial charge in [0.1, 0.15) is 11.4 Å². The summed E-state index contributed by atoms with van der Waals surface area (Å²) in [6, 6.07) is 11.2. The molecule has 3 fully saturated rings. The average Bonchev–Trinajstić information content (AvgIpc) is 3.88. The minimum atomic E-state index is -0.117. The lowest BCUT2D eigenvalue weighted by atomic mass is 10.1. The van der Waals surface area contributed by atoms with E-state index in [0.29, 0.717) is 59.4 Å². The number of nitrogens with one attached hydrogen (secondary N) is 2. The van der Waals surface area contributed by atoms with Crippen LogP contribution in [0.3, 0.4) is 0 Å². The van der Waals surface area contributed by atoms with Crippen LogP contribution in [-0.4, -0.2) is 123 Å². The maximum Gasteiger partial charge on any atom is 0.276 e. The summed E-state index contributed by atoms with van der Waals surface area (Å²) in [5.41, 5.74) is 2.68. The smallest absolute Gasteiger partial charge is 0.276 e. The number of carbonyl (C=O) groups is 2. The van der Waals surface area contributed by atoms with Gasteiger partial charge in [-0.05, 0) is 60.4 Å². The van der Waals surface area contributed by atoms with Crippen molar-refractivity contribution in [1.29, 1.82) is 0 Å². The third-order valence-electron chi connectivity index (χ3n) is 8.87. The molecule has 48 heavy (non-hydrogen) atoms. The van der Waals surface area contributed by atoms with Crippen molar-refractivity contribution in [2.75, 3.05) is 80.0 Å². The predicted octanol–water partition coefficient (Wildman–Crippen LogP) is 1.76. The Kier molecular flexibility index (Phi) is 9.16. The van der Waals surface area contributed by atoms with E-state index < -0.39 is 0 Å². The SMILES string of the molecule is CN1C(=O)/C(=C/c2ccc3c(c2)OCO3)NC1=NCCCN1CCN(CCCN=C2N/C(=C\c3ccc4c(c3)OCO4)C(=O)N2C)CC1. The number of nitrogens with zero attached hydrogens (tertiary/aromatic N) is 6. The maximum absolute atomic E-state index is 12.8. The van der Waals surface area contributed by atoms with Gasteiger partial charge in [-0.2, -0.15) is 0 Å². The van der Waals surface area contributed by atoms with Crippen LogP contribution in [0.5, 0.6) is 23.0 Å². The van der Waals surface area contributed by atoms with E-state index in [-0.39, 0.29) is 25.4 Å². The highest BCUT2D eigenvalue weighted by molar-refractivity contribution is 6.16. The third-order valence-corrected chi connectivity index (χ3v) is 8.87. The number of guanidine groups is 2. The molecule has 14 nitrogen and oxygen atoms in total. The van der Waals surface area contributed by atoms with Crippen LogP contribution in [-0.2, 0) is 9.59 Å². The molecule has 252 valence electrons. The van der Waals surface area contributed by atoms with Crippen molar-refractivity contribution in [3.63, 3.8) is 0 Å². The molecule has 0 spiro atoms. The number of piperazine rings is 1. The van der Waals surface area contributed by atoms with E-state index in [0.717, 1.165) is 63.2 Å². The topological polar surface area (TPSA) is 133 Å². The lowest BCUT2D eigenvalue weighted by molar-refractivity contribution is -0.122. The molecule has 2 aromatic carbocycles. The molecule has 2 amide bonds. The van der Waals surface area contributed by atoms with Gasteiger partial charge in [0.15, 0.2) is 23.0 Å². The number of carbonyl (C=O) groups excluding carboxylic acids is 2. The summed E-state index contributed by atoms with van der Waals surface area (Å²) in [5.74, 6) is 3.68. The van der Waals surface area contributed by atoms with E-state index in [1.165, 1.54) is 0 Å². The molecule has 14 heteroatoms. The number of rotatable bonds is 10. The van der Waals surface area contributed by atoms with Crippen molar-refractivity contribution in [3.8, 4) is 23.0 Å². The van der Waals surface area contributed by atoms with Crippen LogP contribution in [0.2, 0.25) is 0 Å². The van der Waals surface area contributed by atoms with Gasteiger partial charge in [-0.15, -0.1) is 0 Å². The number of ether oxygens (including phenoxy) is 4. The number of hydrogen-bond donors (Lipinski definition) is 2. The lowest BCUT2D eigenvalue weighted by Crippen LogP contribution is -2.47. The van der Waals surface area contributed by atoms with Gasteiger partial charge in [0.25, 0.3) is 11.8 Å². The van der Waals surface area contributed by atoms with Crippen molar-refractivity contribution >= 4 is 35.9 Å². The molecule has 5 aliphatic rings. The molecule has 0 aromatic heterocycles. The lowest BCUT2D eigenvalue weighted by Gasteiger charge is -2.34. The number of likely N-dealkylation sites (N-methyl/N-ethyl adjacent to an activating group) is 2. The standard InChI is InChI=1S/C34H40N8O6/c1-39-31(43)25(17-23-5-7-27-29(19-23)47-21-45-27)37-33(39)35-9-3-11-41-13-15-42(16-14-41)12-4-10-36-34-38-26(32(44)40(34)2)18-24-6-8-28-30(20-24)48-22-46-28/h5-8,17-20H,3-4,9-16,21-22H2,1-2H3,(H,35,37)(H,36,38)/b25-17-,26-18-. The summed E-state index contributed by atoms with van der Waals surface area (Å²) in [6.45, 7) is 7.66. The minimum absolute atomic E-state index is 0.117. The Morgan fingerprint density at radius 3 is 1.50 bits per heavy atom. The average molecular weight is 657 g/mol. The Bertz CT molecular complexity index is 1570. The second-order valence-electron chi connectivity index (χ2n) is 12.1. The zero-order chi connectivity index (χ0) is 33.0. The van der Waals surface area contributed by atoms with Crippen LogP contribution >= 0.6 is 0 Å². The molecule has 2 aromatic rings. The highest BCUT2D eigenvalue weighted by Gasteiger charge is 2.30. The Morgan fingerprint density at radius 2 is 1.06 bits per heavy atom. The molecular weight excluding hydrogens is 616 g/mol. The highest BCUT2D eigenvalue weighted by Crippen LogP contribution is 2.34. The van der Waals surface area contributed by atoms with Gasteiger partial charge < -0.3 is 39.4 Å². The van der Waals surface area contributed by atoms with Crippen molar-refractivity contribution in [2.24, 2.45) is 9.98 Å². The molecule has 0 radical (unpaired) electrons. The van der Waals surface area contributed by atoms with Gasteiger partial charge in [-0.3, -0.25) is 29.4 Å². The minimum Gasteiger partial charge on any atom is -0.454 e. The first-order valence-corrected chi connectivity index (χ1v) is 16.3. The van der Waals surface area contributed by atoms with E-state index in [1.807, 2.05) is 36.4 Å². The molecule has 5 aliphatic heterocycles. The monoisotopic (exact) mass is 656 g/mol. The first kappa shape index (κ1) is 31.5. The van der Waals surface area contributed by atoms with E-state index in [9.17, 15) is 9.59 Å². The molecule has 5 heterocycles. The number of amides is 2. The highest BCUT2D eigenvalue weighted by atomic mass is 16.7. The molecule has 2 N–H and O–H groups in total. The summed E-state index contributed by atoms with van der Waals surface area (Å²) in [6.07, 6.45) is 5.43. The van der Waals surface area contributed by atoms with E-state index in [1.54, 1.807) is 36.0 Å². The Hall–Kier alpha value is -5.08. The molecule has 0 saturated carbocycles. The van der Waals surface area contributed by atoms with Gasteiger partial charge in [-0.25, -0.2) is 0 Å². The van der Waals surface area contributed by atoms with Crippen LogP contribution in [0.1, 0.15) is 24.0 Å². The van der Waals surface area contributed by atoms with Gasteiger partial charge >= 0.3 is 0 Å². The van der Waals surface area contributed by atoms with Crippen LogP contribution in [0.25, 0.3) is 12.2 Å². The summed E-state index contributed by atoms with van der Waals surface area (Å²) in [5, 5.41) is 6.34. The summed E-state index contributed by atoms with van der Waals surface area (Å²) < 4.78 is 21.6. The van der Waals surface area contributed by atoms with E-state index in [4.69, 9.17) is 18.9 Å². The van der Waals surface area contributed by atoms with Crippen LogP contribution < -0.4 is 29.6 Å². The fourth-order valence-electron chi connectivity index (χ4n) is 6.09. The first-order chi connectivity index (χ1) is 23.4. The van der Waals surface area contributed by atoms with Crippen LogP contribution in [0, 0.1) is 0 Å². The summed E-state index contributed by atoms with van der Waals surface area (Å²) in [7, 11) is 3.47. The van der Waals surface area contributed by atoms with Gasteiger partial charge in [0.05, 0.1) is 0 Å². The largest absolute Gasteiger partial charge is 0.454 e. The van der Waals surface area contributed by atoms with Crippen LogP contribution in [0.4, 0.5) is 0 Å².